The first-order valence-corrected chi connectivity index (χ1v) is 4.16. The summed E-state index contributed by atoms with van der Waals surface area (Å²) in [6.45, 7) is 2.08. The van der Waals surface area contributed by atoms with E-state index in [1.54, 1.807) is 6.07 Å². The predicted molar refractivity (Wildman–Crippen MR) is 49.0 cm³/mol. The molecule has 0 bridgehead atoms. The molecule has 0 saturated heterocycles. The fourth-order valence-corrected chi connectivity index (χ4v) is 1.64. The van der Waals surface area contributed by atoms with Crippen LogP contribution in [-0.4, -0.2) is 4.98 Å². The maximum Gasteiger partial charge on any atom is 0.248 e. The van der Waals surface area contributed by atoms with Crippen LogP contribution in [0.3, 0.4) is 0 Å². The number of pyridine rings is 1. The van der Waals surface area contributed by atoms with E-state index >= 15 is 0 Å². The van der Waals surface area contributed by atoms with Crippen LogP contribution in [0, 0.1) is 0 Å². The monoisotopic (exact) mass is 161 g/mol. The molecule has 0 radical (unpaired) electrons. The Labute approximate surface area is 70.9 Å². The average molecular weight is 161 g/mol. The van der Waals surface area contributed by atoms with Crippen molar-refractivity contribution in [2.45, 2.75) is 19.8 Å². The molecule has 0 spiro atoms. The van der Waals surface area contributed by atoms with Crippen LogP contribution in [0.15, 0.2) is 23.1 Å². The third-order valence-corrected chi connectivity index (χ3v) is 2.30. The quantitative estimate of drug-likeness (QED) is 0.617. The van der Waals surface area contributed by atoms with Crippen molar-refractivity contribution in [2.75, 3.05) is 0 Å². The van der Waals surface area contributed by atoms with Crippen molar-refractivity contribution in [3.63, 3.8) is 0 Å². The number of hydrogen-bond acceptors (Lipinski definition) is 1. The van der Waals surface area contributed by atoms with E-state index in [2.05, 4.69) is 18.0 Å². The molecule has 2 heteroatoms. The van der Waals surface area contributed by atoms with Gasteiger partial charge in [-0.15, -0.1) is 0 Å². The van der Waals surface area contributed by atoms with Gasteiger partial charge in [0.05, 0.1) is 0 Å². The molecule has 0 fully saturated rings. The summed E-state index contributed by atoms with van der Waals surface area (Å²) in [6.07, 6.45) is 6.07. The summed E-state index contributed by atoms with van der Waals surface area (Å²) in [4.78, 5) is 13.7. The molecule has 0 atom stereocenters. The molecular formula is C10H11NO. The van der Waals surface area contributed by atoms with Crippen LogP contribution in [0.2, 0.25) is 0 Å². The standard InChI is InChI=1S/C10H11NO/c1-7-3-2-4-8-5-10(12)11-6-9(7)8/h3,5-6H,2,4H2,1H3,(H,11,12). The van der Waals surface area contributed by atoms with Crippen molar-refractivity contribution in [1.29, 1.82) is 0 Å². The topological polar surface area (TPSA) is 32.9 Å². The van der Waals surface area contributed by atoms with Crippen molar-refractivity contribution in [3.05, 3.63) is 39.8 Å². The smallest absolute Gasteiger partial charge is 0.248 e. The van der Waals surface area contributed by atoms with E-state index in [0.717, 1.165) is 12.8 Å². The highest BCUT2D eigenvalue weighted by atomic mass is 16.1. The van der Waals surface area contributed by atoms with Gasteiger partial charge in [0, 0.05) is 12.3 Å². The molecule has 0 unspecified atom stereocenters. The summed E-state index contributed by atoms with van der Waals surface area (Å²) < 4.78 is 0. The maximum absolute atomic E-state index is 11.0. The number of hydrogen-bond donors (Lipinski definition) is 1. The van der Waals surface area contributed by atoms with Crippen LogP contribution in [0.4, 0.5) is 0 Å². The highest BCUT2D eigenvalue weighted by molar-refractivity contribution is 5.67. The van der Waals surface area contributed by atoms with Gasteiger partial charge >= 0.3 is 0 Å². The average Bonchev–Trinajstić information content (AvgIpc) is 2.04. The zero-order valence-corrected chi connectivity index (χ0v) is 7.05. The Morgan fingerprint density at radius 2 is 2.33 bits per heavy atom. The van der Waals surface area contributed by atoms with Crippen molar-refractivity contribution < 1.29 is 0 Å². The van der Waals surface area contributed by atoms with Crippen LogP contribution >= 0.6 is 0 Å². The van der Waals surface area contributed by atoms with Gasteiger partial charge in [0.15, 0.2) is 0 Å². The molecule has 1 aromatic heterocycles. The van der Waals surface area contributed by atoms with E-state index in [0.29, 0.717) is 0 Å². The van der Waals surface area contributed by atoms with E-state index in [1.807, 2.05) is 6.20 Å². The molecule has 0 aliphatic heterocycles. The van der Waals surface area contributed by atoms with Gasteiger partial charge in [0.25, 0.3) is 0 Å². The number of fused-ring (bicyclic) bond motifs is 1. The number of H-pyrrole nitrogens is 1. The second kappa shape index (κ2) is 2.63. The molecule has 1 aliphatic carbocycles. The first-order valence-electron chi connectivity index (χ1n) is 4.16. The zero-order chi connectivity index (χ0) is 8.55. The molecule has 2 rings (SSSR count). The number of aromatic amines is 1. The second-order valence-corrected chi connectivity index (χ2v) is 3.16. The minimum Gasteiger partial charge on any atom is -0.328 e. The third kappa shape index (κ3) is 1.09. The van der Waals surface area contributed by atoms with Gasteiger partial charge < -0.3 is 4.98 Å². The summed E-state index contributed by atoms with van der Waals surface area (Å²) in [6, 6.07) is 1.70. The van der Waals surface area contributed by atoms with E-state index in [9.17, 15) is 4.79 Å². The van der Waals surface area contributed by atoms with Crippen molar-refractivity contribution in [2.24, 2.45) is 0 Å². The lowest BCUT2D eigenvalue weighted by Gasteiger charge is -2.13. The Hall–Kier alpha value is -1.31. The summed E-state index contributed by atoms with van der Waals surface area (Å²) in [5.41, 5.74) is 3.65. The van der Waals surface area contributed by atoms with Gasteiger partial charge in [-0.25, -0.2) is 0 Å². The molecule has 1 heterocycles. The zero-order valence-electron chi connectivity index (χ0n) is 7.05. The summed E-state index contributed by atoms with van der Waals surface area (Å²) in [5.74, 6) is 0. The van der Waals surface area contributed by atoms with E-state index in [4.69, 9.17) is 0 Å². The van der Waals surface area contributed by atoms with E-state index in [-0.39, 0.29) is 5.56 Å². The van der Waals surface area contributed by atoms with Gasteiger partial charge in [0.1, 0.15) is 0 Å². The van der Waals surface area contributed by atoms with Gasteiger partial charge in [0.2, 0.25) is 5.56 Å². The third-order valence-electron chi connectivity index (χ3n) is 2.30. The SMILES string of the molecule is CC1=CCCc2cc(=O)[nH]cc21. The van der Waals surface area contributed by atoms with Crippen molar-refractivity contribution in [1.82, 2.24) is 4.98 Å². The Morgan fingerprint density at radius 3 is 3.17 bits per heavy atom. The molecule has 62 valence electrons. The first kappa shape index (κ1) is 7.35. The van der Waals surface area contributed by atoms with Crippen LogP contribution in [-0.2, 0) is 6.42 Å². The van der Waals surface area contributed by atoms with Crippen LogP contribution in [0.1, 0.15) is 24.5 Å². The molecule has 0 amide bonds. The highest BCUT2D eigenvalue weighted by Crippen LogP contribution is 2.23. The van der Waals surface area contributed by atoms with Crippen molar-refractivity contribution in [3.8, 4) is 0 Å². The molecule has 0 saturated carbocycles. The summed E-state index contributed by atoms with van der Waals surface area (Å²) in [7, 11) is 0. The minimum atomic E-state index is 0.00319. The van der Waals surface area contributed by atoms with Crippen LogP contribution < -0.4 is 5.56 Å². The fourth-order valence-electron chi connectivity index (χ4n) is 1.64. The Morgan fingerprint density at radius 1 is 1.50 bits per heavy atom. The number of aryl methyl sites for hydroxylation is 1. The molecule has 12 heavy (non-hydrogen) atoms. The molecular weight excluding hydrogens is 150 g/mol. The van der Waals surface area contributed by atoms with Crippen LogP contribution in [0.25, 0.3) is 5.57 Å². The molecule has 0 aromatic carbocycles. The Balaban J connectivity index is 2.64. The van der Waals surface area contributed by atoms with Gasteiger partial charge in [-0.2, -0.15) is 0 Å². The lowest BCUT2D eigenvalue weighted by Crippen LogP contribution is -2.09. The normalized spacial score (nSPS) is 15.2. The molecule has 1 aliphatic rings. The lowest BCUT2D eigenvalue weighted by atomic mass is 9.94. The lowest BCUT2D eigenvalue weighted by molar-refractivity contribution is 0.959. The summed E-state index contributed by atoms with van der Waals surface area (Å²) in [5, 5.41) is 0. The second-order valence-electron chi connectivity index (χ2n) is 3.16. The maximum atomic E-state index is 11.0. The van der Waals surface area contributed by atoms with E-state index < -0.39 is 0 Å². The number of aromatic nitrogens is 1. The Bertz CT molecular complexity index is 387. The largest absolute Gasteiger partial charge is 0.328 e. The van der Waals surface area contributed by atoms with Crippen LogP contribution in [0.5, 0.6) is 0 Å². The van der Waals surface area contributed by atoms with E-state index in [1.165, 1.54) is 16.7 Å². The van der Waals surface area contributed by atoms with Crippen molar-refractivity contribution >= 4 is 5.57 Å². The predicted octanol–water partition coefficient (Wildman–Crippen LogP) is 1.72. The van der Waals surface area contributed by atoms with Gasteiger partial charge in [-0.3, -0.25) is 4.79 Å². The fraction of sp³-hybridized carbons (Fsp3) is 0.300. The molecule has 1 aromatic rings. The molecule has 2 nitrogen and oxygen atoms in total. The van der Waals surface area contributed by atoms with Gasteiger partial charge in [-0.1, -0.05) is 6.08 Å². The highest BCUT2D eigenvalue weighted by Gasteiger charge is 2.08. The first-order chi connectivity index (χ1) is 5.77. The van der Waals surface area contributed by atoms with Gasteiger partial charge in [-0.05, 0) is 36.5 Å². The Kier molecular flexibility index (Phi) is 1.61. The summed E-state index contributed by atoms with van der Waals surface area (Å²) >= 11 is 0. The number of nitrogens with one attached hydrogen (secondary N) is 1. The number of allylic oxidation sites excluding steroid dienone is 2. The molecule has 1 N–H and O–H groups in total. The minimum absolute atomic E-state index is 0.00319. The number of rotatable bonds is 0.